The molecule has 2 saturated heterocycles. The molecule has 0 amide bonds. The van der Waals surface area contributed by atoms with Crippen LogP contribution in [0, 0.1) is 0 Å². The van der Waals surface area contributed by atoms with Gasteiger partial charge in [0.2, 0.25) is 0 Å². The van der Waals surface area contributed by atoms with E-state index in [1.165, 1.54) is 26.0 Å². The number of rotatable bonds is 13. The van der Waals surface area contributed by atoms with Crippen molar-refractivity contribution >= 4 is 24.7 Å². The predicted molar refractivity (Wildman–Crippen MR) is 149 cm³/mol. The zero-order valence-corrected chi connectivity index (χ0v) is 24.4. The molecule has 0 saturated carbocycles. The fourth-order valence-electron chi connectivity index (χ4n) is 5.05. The van der Waals surface area contributed by atoms with Crippen LogP contribution in [0.2, 0.25) is 0 Å². The number of anilines is 1. The lowest BCUT2D eigenvalue weighted by atomic mass is 10.1. The normalized spacial score (nSPS) is 28.9. The molecule has 0 aromatic carbocycles. The first-order valence-electron chi connectivity index (χ1n) is 13.7. The Balaban J connectivity index is 1.31. The molecule has 5 rings (SSSR count). The van der Waals surface area contributed by atoms with E-state index in [2.05, 4.69) is 25.0 Å². The zero-order valence-electron chi connectivity index (χ0n) is 23.5. The second-order valence-corrected chi connectivity index (χ2v) is 11.9. The van der Waals surface area contributed by atoms with Crippen LogP contribution in [0.3, 0.4) is 0 Å². The molecule has 3 aromatic heterocycles. The smallest absolute Gasteiger partial charge is 0.394 e. The molecule has 0 radical (unpaired) electrons. The molecule has 0 bridgehead atoms. The summed E-state index contributed by atoms with van der Waals surface area (Å²) in [5, 5.41) is 23.8. The Morgan fingerprint density at radius 1 is 1.23 bits per heavy atom. The minimum Gasteiger partial charge on any atom is -0.394 e. The van der Waals surface area contributed by atoms with Crippen LogP contribution in [0.25, 0.3) is 11.2 Å². The number of nitrogens with one attached hydrogen (secondary N) is 2. The first kappa shape index (κ1) is 31.4. The van der Waals surface area contributed by atoms with E-state index < -0.39 is 75.2 Å². The number of fused-ring (bicyclic) bond motifs is 1. The van der Waals surface area contributed by atoms with E-state index in [-0.39, 0.29) is 12.2 Å². The van der Waals surface area contributed by atoms with Crippen LogP contribution in [-0.4, -0.2) is 96.7 Å². The molecule has 2 aliphatic heterocycles. The Kier molecular flexibility index (Phi) is 9.70. The van der Waals surface area contributed by atoms with Crippen LogP contribution in [0.15, 0.2) is 34.5 Å². The number of imidazole rings is 1. The number of unbranched alkanes of at least 4 members (excludes halogenated alkanes) is 1. The van der Waals surface area contributed by atoms with Crippen molar-refractivity contribution in [3.05, 3.63) is 45.8 Å². The lowest BCUT2D eigenvalue weighted by Gasteiger charge is -2.26. The van der Waals surface area contributed by atoms with Gasteiger partial charge in [-0.2, -0.15) is 0 Å². The number of aliphatic hydroxyl groups excluding tert-OH is 2. The maximum atomic E-state index is 14.0. The topological polar surface area (TPSA) is 240 Å². The molecule has 6 N–H and O–H groups in total. The molecule has 2 unspecified atom stereocenters. The fraction of sp³-hybridized carbons (Fsp3) is 0.625. The molecule has 2 aliphatic rings. The van der Waals surface area contributed by atoms with Gasteiger partial charge < -0.3 is 30.2 Å². The Bertz CT molecular complexity index is 1560. The molecule has 43 heavy (non-hydrogen) atoms. The van der Waals surface area contributed by atoms with Crippen molar-refractivity contribution in [2.75, 3.05) is 32.6 Å². The average molecular weight is 627 g/mol. The first-order chi connectivity index (χ1) is 20.7. The minimum absolute atomic E-state index is 0.162. The lowest BCUT2D eigenvalue weighted by molar-refractivity contribution is -0.0634. The predicted octanol–water partition coefficient (Wildman–Crippen LogP) is -0.589. The van der Waals surface area contributed by atoms with Crippen molar-refractivity contribution in [3.8, 4) is 0 Å². The second-order valence-electron chi connectivity index (χ2n) is 10.1. The lowest BCUT2D eigenvalue weighted by Crippen LogP contribution is -2.39. The van der Waals surface area contributed by atoms with E-state index in [9.17, 15) is 24.4 Å². The second kappa shape index (κ2) is 13.3. The zero-order chi connectivity index (χ0) is 30.7. The molecule has 8 atom stereocenters. The number of ether oxygens (including phenoxy) is 3. The van der Waals surface area contributed by atoms with Gasteiger partial charge >= 0.3 is 13.4 Å². The van der Waals surface area contributed by atoms with Crippen molar-refractivity contribution in [2.24, 2.45) is 0 Å². The van der Waals surface area contributed by atoms with Gasteiger partial charge in [-0.1, -0.05) is 13.3 Å². The molecule has 3 aromatic rings. The summed E-state index contributed by atoms with van der Waals surface area (Å²) in [6.45, 7) is 1.41. The third-order valence-electron chi connectivity index (χ3n) is 7.29. The van der Waals surface area contributed by atoms with Crippen molar-refractivity contribution < 1.29 is 38.0 Å². The van der Waals surface area contributed by atoms with Crippen LogP contribution >= 0.6 is 7.75 Å². The fourth-order valence-corrected chi connectivity index (χ4v) is 6.63. The number of nitrogen functional groups attached to an aromatic ring is 1. The van der Waals surface area contributed by atoms with Gasteiger partial charge in [0.1, 0.15) is 48.6 Å². The molecule has 5 heterocycles. The number of aromatic amines is 1. The number of hydrogen-bond donors (Lipinski definition) is 5. The molecular weight excluding hydrogens is 591 g/mol. The summed E-state index contributed by atoms with van der Waals surface area (Å²) in [5.74, 6) is 0.200. The van der Waals surface area contributed by atoms with Crippen LogP contribution in [0.1, 0.15) is 38.6 Å². The van der Waals surface area contributed by atoms with Gasteiger partial charge in [0.25, 0.3) is 5.56 Å². The Morgan fingerprint density at radius 3 is 2.77 bits per heavy atom. The van der Waals surface area contributed by atoms with Gasteiger partial charge in [-0.05, 0) is 6.42 Å². The summed E-state index contributed by atoms with van der Waals surface area (Å²) >= 11 is 0. The van der Waals surface area contributed by atoms with Gasteiger partial charge in [0.15, 0.2) is 17.7 Å². The SMILES string of the molecule is CCCCNP(=O)(OC[C@H]1O[C@@H](n2ccc(=O)[nH]c2=O)C(OC)[C@H]1O)O[C@@H]1C[C@H](n2cnc3c(N)ncnc32)O[C@@H]1CO. The Hall–Kier alpha value is -3.06. The Labute approximate surface area is 244 Å². The summed E-state index contributed by atoms with van der Waals surface area (Å²) in [5.41, 5.74) is 5.36. The van der Waals surface area contributed by atoms with Crippen LogP contribution in [0.4, 0.5) is 5.82 Å². The van der Waals surface area contributed by atoms with Gasteiger partial charge in [-0.3, -0.25) is 28.0 Å². The number of aliphatic hydroxyl groups is 2. The highest BCUT2D eigenvalue weighted by Crippen LogP contribution is 2.49. The van der Waals surface area contributed by atoms with Gasteiger partial charge in [0.05, 0.1) is 19.5 Å². The first-order valence-corrected chi connectivity index (χ1v) is 15.3. The summed E-state index contributed by atoms with van der Waals surface area (Å²) in [6, 6.07) is 1.14. The number of aromatic nitrogens is 6. The van der Waals surface area contributed by atoms with E-state index in [1.54, 1.807) is 4.57 Å². The number of methoxy groups -OCH3 is 1. The van der Waals surface area contributed by atoms with Crippen LogP contribution in [0.5, 0.6) is 0 Å². The van der Waals surface area contributed by atoms with Crippen molar-refractivity contribution in [1.82, 2.24) is 34.2 Å². The highest BCUT2D eigenvalue weighted by atomic mass is 31.2. The third-order valence-corrected chi connectivity index (χ3v) is 8.93. The molecule has 236 valence electrons. The largest absolute Gasteiger partial charge is 0.405 e. The van der Waals surface area contributed by atoms with E-state index >= 15 is 0 Å². The maximum absolute atomic E-state index is 14.0. The Morgan fingerprint density at radius 2 is 2.05 bits per heavy atom. The van der Waals surface area contributed by atoms with Gasteiger partial charge in [0, 0.05) is 32.3 Å². The molecular formula is C24H35N8O10P. The number of hydrogen-bond acceptors (Lipinski definition) is 14. The molecule has 18 nitrogen and oxygen atoms in total. The summed E-state index contributed by atoms with van der Waals surface area (Å²) < 4.78 is 45.7. The van der Waals surface area contributed by atoms with E-state index in [4.69, 9.17) is 29.0 Å². The highest BCUT2D eigenvalue weighted by molar-refractivity contribution is 7.51. The monoisotopic (exact) mass is 626 g/mol. The number of nitrogens with zero attached hydrogens (tertiary/aromatic N) is 5. The van der Waals surface area contributed by atoms with Crippen LogP contribution in [-0.2, 0) is 27.8 Å². The van der Waals surface area contributed by atoms with Gasteiger partial charge in [-0.25, -0.2) is 29.4 Å². The quantitative estimate of drug-likeness (QED) is 0.118. The molecule has 0 spiro atoms. The van der Waals surface area contributed by atoms with Gasteiger partial charge in [-0.15, -0.1) is 0 Å². The van der Waals surface area contributed by atoms with Crippen molar-refractivity contribution in [3.63, 3.8) is 0 Å². The number of H-pyrrole nitrogens is 1. The van der Waals surface area contributed by atoms with Crippen LogP contribution < -0.4 is 22.1 Å². The third kappa shape index (κ3) is 6.57. The minimum atomic E-state index is -4.08. The average Bonchev–Trinajstić information content (AvgIpc) is 3.67. The van der Waals surface area contributed by atoms with E-state index in [0.29, 0.717) is 24.1 Å². The molecule has 2 fully saturated rings. The molecule has 0 aliphatic carbocycles. The van der Waals surface area contributed by atoms with E-state index in [1.807, 2.05) is 6.92 Å². The highest BCUT2D eigenvalue weighted by Gasteiger charge is 2.47. The maximum Gasteiger partial charge on any atom is 0.405 e. The van der Waals surface area contributed by atoms with Crippen molar-refractivity contribution in [2.45, 2.75) is 69.2 Å². The van der Waals surface area contributed by atoms with E-state index in [0.717, 1.165) is 17.1 Å². The number of nitrogens with two attached hydrogens (primary N) is 1. The molecule has 19 heteroatoms. The van der Waals surface area contributed by atoms with Crippen molar-refractivity contribution in [1.29, 1.82) is 0 Å². The summed E-state index contributed by atoms with van der Waals surface area (Å²) in [4.78, 5) is 38.4. The summed E-state index contributed by atoms with van der Waals surface area (Å²) in [6.07, 6.45) is -1.25. The standard InChI is InChI=1S/C24H35N8O10P/c1-3-4-6-29-43(37,39-10-15-19(35)20(38-2)23(41-15)31-7-5-16(34)30-24(31)36)42-13-8-17(40-14(13)9-33)32-12-28-18-21(25)26-11-27-22(18)32/h5,7,11-15,17,19-20,23,33,35H,3-4,6,8-10H2,1-2H3,(H,29,37)(H2,25,26,27)(H,30,34,36)/t13-,14-,15-,17-,19+,20?,23-,43?/m1/s1. The summed E-state index contributed by atoms with van der Waals surface area (Å²) in [7, 11) is -2.75.